The number of urea groups is 1. The van der Waals surface area contributed by atoms with Gasteiger partial charge in [-0.1, -0.05) is 12.1 Å². The maximum Gasteiger partial charge on any atom is 0.318 e. The Morgan fingerprint density at radius 2 is 2.00 bits per heavy atom. The summed E-state index contributed by atoms with van der Waals surface area (Å²) >= 11 is 0. The molecule has 0 radical (unpaired) electrons. The zero-order valence-corrected chi connectivity index (χ0v) is 15.5. The SMILES string of the molecule is CNC(=O)CCC(C)(C)NC(=O)N(C)C(C)c1cccc(OC)c1. The van der Waals surface area contributed by atoms with E-state index in [-0.39, 0.29) is 18.0 Å². The van der Waals surface area contributed by atoms with Crippen molar-refractivity contribution in [2.75, 3.05) is 21.2 Å². The van der Waals surface area contributed by atoms with Crippen LogP contribution in [0.15, 0.2) is 24.3 Å². The zero-order chi connectivity index (χ0) is 18.3. The van der Waals surface area contributed by atoms with Gasteiger partial charge >= 0.3 is 6.03 Å². The molecule has 1 aromatic rings. The van der Waals surface area contributed by atoms with Gasteiger partial charge in [0.2, 0.25) is 5.91 Å². The van der Waals surface area contributed by atoms with Gasteiger partial charge in [0, 0.05) is 26.1 Å². The number of ether oxygens (including phenoxy) is 1. The van der Waals surface area contributed by atoms with E-state index in [9.17, 15) is 9.59 Å². The number of nitrogens with one attached hydrogen (secondary N) is 2. The van der Waals surface area contributed by atoms with E-state index in [1.807, 2.05) is 45.0 Å². The van der Waals surface area contributed by atoms with Crippen LogP contribution >= 0.6 is 0 Å². The van der Waals surface area contributed by atoms with Crippen molar-refractivity contribution in [3.63, 3.8) is 0 Å². The highest BCUT2D eigenvalue weighted by atomic mass is 16.5. The lowest BCUT2D eigenvalue weighted by Crippen LogP contribution is -2.49. The van der Waals surface area contributed by atoms with Crippen LogP contribution in [-0.4, -0.2) is 43.6 Å². The summed E-state index contributed by atoms with van der Waals surface area (Å²) in [5, 5.41) is 5.58. The maximum absolute atomic E-state index is 12.5. The second-order valence-electron chi connectivity index (χ2n) is 6.55. The Bertz CT molecular complexity index is 572. The summed E-state index contributed by atoms with van der Waals surface area (Å²) in [4.78, 5) is 25.6. The molecule has 0 saturated carbocycles. The highest BCUT2D eigenvalue weighted by molar-refractivity contribution is 5.77. The lowest BCUT2D eigenvalue weighted by atomic mass is 9.98. The summed E-state index contributed by atoms with van der Waals surface area (Å²) < 4.78 is 5.23. The number of hydrogen-bond acceptors (Lipinski definition) is 3. The highest BCUT2D eigenvalue weighted by Gasteiger charge is 2.25. The molecule has 2 N–H and O–H groups in total. The van der Waals surface area contributed by atoms with E-state index in [1.165, 1.54) is 0 Å². The van der Waals surface area contributed by atoms with Gasteiger partial charge in [-0.05, 0) is 44.9 Å². The van der Waals surface area contributed by atoms with E-state index in [1.54, 1.807) is 26.1 Å². The van der Waals surface area contributed by atoms with Gasteiger partial charge in [-0.2, -0.15) is 0 Å². The van der Waals surface area contributed by atoms with Crippen molar-refractivity contribution in [1.29, 1.82) is 0 Å². The number of hydrogen-bond donors (Lipinski definition) is 2. The minimum absolute atomic E-state index is 0.0320. The van der Waals surface area contributed by atoms with E-state index in [4.69, 9.17) is 4.74 Å². The number of benzene rings is 1. The predicted octanol–water partition coefficient (Wildman–Crippen LogP) is 2.70. The van der Waals surface area contributed by atoms with Crippen molar-refractivity contribution in [2.45, 2.75) is 45.2 Å². The molecule has 0 aromatic heterocycles. The van der Waals surface area contributed by atoms with Gasteiger partial charge in [-0.25, -0.2) is 4.79 Å². The van der Waals surface area contributed by atoms with Gasteiger partial charge < -0.3 is 20.3 Å². The molecular formula is C18H29N3O3. The van der Waals surface area contributed by atoms with Crippen LogP contribution < -0.4 is 15.4 Å². The first-order chi connectivity index (χ1) is 11.2. The normalized spacial score (nSPS) is 12.2. The van der Waals surface area contributed by atoms with Crippen molar-refractivity contribution >= 4 is 11.9 Å². The lowest BCUT2D eigenvalue weighted by molar-refractivity contribution is -0.121. The monoisotopic (exact) mass is 335 g/mol. The number of carbonyl (C=O) groups excluding carboxylic acids is 2. The Labute approximate surface area is 144 Å². The maximum atomic E-state index is 12.5. The van der Waals surface area contributed by atoms with E-state index < -0.39 is 5.54 Å². The molecule has 0 aliphatic heterocycles. The zero-order valence-electron chi connectivity index (χ0n) is 15.5. The van der Waals surface area contributed by atoms with E-state index in [0.29, 0.717) is 12.8 Å². The molecule has 0 saturated heterocycles. The van der Waals surface area contributed by atoms with Crippen LogP contribution in [0.4, 0.5) is 4.79 Å². The van der Waals surface area contributed by atoms with Crippen molar-refractivity contribution in [3.8, 4) is 5.75 Å². The van der Waals surface area contributed by atoms with Crippen LogP contribution in [-0.2, 0) is 4.79 Å². The number of nitrogens with zero attached hydrogens (tertiary/aromatic N) is 1. The fraction of sp³-hybridized carbons (Fsp3) is 0.556. The topological polar surface area (TPSA) is 70.7 Å². The predicted molar refractivity (Wildman–Crippen MR) is 95.1 cm³/mol. The Morgan fingerprint density at radius 3 is 2.58 bits per heavy atom. The van der Waals surface area contributed by atoms with Crippen molar-refractivity contribution in [3.05, 3.63) is 29.8 Å². The summed E-state index contributed by atoms with van der Waals surface area (Å²) in [6.45, 7) is 5.79. The molecule has 0 fully saturated rings. The quantitative estimate of drug-likeness (QED) is 0.805. The molecule has 0 spiro atoms. The molecule has 0 aliphatic rings. The van der Waals surface area contributed by atoms with Crippen molar-refractivity contribution in [1.82, 2.24) is 15.5 Å². The number of amides is 3. The summed E-state index contributed by atoms with van der Waals surface area (Å²) in [5.74, 6) is 0.731. The Hall–Kier alpha value is -2.24. The van der Waals surface area contributed by atoms with Gasteiger partial charge in [0.15, 0.2) is 0 Å². The van der Waals surface area contributed by atoms with Crippen LogP contribution in [0, 0.1) is 0 Å². The van der Waals surface area contributed by atoms with Gasteiger partial charge in [0.1, 0.15) is 5.75 Å². The molecule has 6 nitrogen and oxygen atoms in total. The summed E-state index contributed by atoms with van der Waals surface area (Å²) in [6, 6.07) is 7.39. The number of carbonyl (C=O) groups is 2. The average molecular weight is 335 g/mol. The summed E-state index contributed by atoms with van der Waals surface area (Å²) in [7, 11) is 4.99. The minimum atomic E-state index is -0.466. The second kappa shape index (κ2) is 8.57. The summed E-state index contributed by atoms with van der Waals surface area (Å²) in [5.41, 5.74) is 0.529. The van der Waals surface area contributed by atoms with Crippen molar-refractivity contribution in [2.24, 2.45) is 0 Å². The average Bonchev–Trinajstić information content (AvgIpc) is 2.57. The number of methoxy groups -OCH3 is 1. The standard InChI is InChI=1S/C18H29N3O3/c1-13(14-8-7-9-15(12-14)24-6)21(5)17(23)20-18(2,3)11-10-16(22)19-4/h7-9,12-13H,10-11H2,1-6H3,(H,19,22)(H,20,23). The molecule has 1 unspecified atom stereocenters. The van der Waals surface area contributed by atoms with Crippen LogP contribution in [0.5, 0.6) is 5.75 Å². The molecule has 6 heteroatoms. The van der Waals surface area contributed by atoms with Crippen LogP contribution in [0.1, 0.15) is 45.2 Å². The first kappa shape index (κ1) is 19.8. The molecule has 0 heterocycles. The number of rotatable bonds is 7. The van der Waals surface area contributed by atoms with Crippen LogP contribution in [0.2, 0.25) is 0 Å². The highest BCUT2D eigenvalue weighted by Crippen LogP contribution is 2.23. The molecule has 0 bridgehead atoms. The summed E-state index contributed by atoms with van der Waals surface area (Å²) in [6.07, 6.45) is 0.943. The van der Waals surface area contributed by atoms with Gasteiger partial charge in [-0.3, -0.25) is 4.79 Å². The fourth-order valence-electron chi connectivity index (χ4n) is 2.29. The van der Waals surface area contributed by atoms with Crippen LogP contribution in [0.25, 0.3) is 0 Å². The molecule has 0 aliphatic carbocycles. The first-order valence-electron chi connectivity index (χ1n) is 8.09. The second-order valence-corrected chi connectivity index (χ2v) is 6.55. The van der Waals surface area contributed by atoms with Crippen molar-refractivity contribution < 1.29 is 14.3 Å². The minimum Gasteiger partial charge on any atom is -0.497 e. The Morgan fingerprint density at radius 1 is 1.33 bits per heavy atom. The molecule has 3 amide bonds. The largest absolute Gasteiger partial charge is 0.497 e. The smallest absolute Gasteiger partial charge is 0.318 e. The third kappa shape index (κ3) is 5.76. The molecule has 1 atom stereocenters. The molecule has 134 valence electrons. The van der Waals surface area contributed by atoms with Gasteiger partial charge in [-0.15, -0.1) is 0 Å². The van der Waals surface area contributed by atoms with E-state index in [0.717, 1.165) is 11.3 Å². The van der Waals surface area contributed by atoms with E-state index >= 15 is 0 Å². The lowest BCUT2D eigenvalue weighted by Gasteiger charge is -2.32. The first-order valence-corrected chi connectivity index (χ1v) is 8.09. The third-order valence-electron chi connectivity index (χ3n) is 4.18. The van der Waals surface area contributed by atoms with Gasteiger partial charge in [0.25, 0.3) is 0 Å². The molecular weight excluding hydrogens is 306 g/mol. The Kier molecular flexibility index (Phi) is 7.07. The molecule has 1 rings (SSSR count). The molecule has 24 heavy (non-hydrogen) atoms. The Balaban J connectivity index is 2.70. The van der Waals surface area contributed by atoms with Crippen LogP contribution in [0.3, 0.4) is 0 Å². The fourth-order valence-corrected chi connectivity index (χ4v) is 2.29. The van der Waals surface area contributed by atoms with E-state index in [2.05, 4.69) is 10.6 Å². The molecule has 1 aromatic carbocycles. The third-order valence-corrected chi connectivity index (χ3v) is 4.18. The van der Waals surface area contributed by atoms with Gasteiger partial charge in [0.05, 0.1) is 13.2 Å².